The minimum Gasteiger partial charge on any atom is -0.756 e. The summed E-state index contributed by atoms with van der Waals surface area (Å²) in [4.78, 5) is 25.5. The zero-order chi connectivity index (χ0) is 53.5. The number of allylic oxidation sites excluding steroid dienone is 17. The van der Waals surface area contributed by atoms with Crippen LogP contribution in [0.2, 0.25) is 0 Å². The van der Waals surface area contributed by atoms with Gasteiger partial charge in [-0.1, -0.05) is 245 Å². The first-order valence-corrected chi connectivity index (χ1v) is 31.2. The summed E-state index contributed by atoms with van der Waals surface area (Å²) in [5.74, 6) is -0.256. The van der Waals surface area contributed by atoms with Crippen LogP contribution in [0, 0.1) is 0 Å². The van der Waals surface area contributed by atoms with Crippen LogP contribution in [0.3, 0.4) is 0 Å². The van der Waals surface area contributed by atoms with Crippen LogP contribution in [0.4, 0.5) is 0 Å². The Bertz CT molecular complexity index is 1550. The maximum Gasteiger partial charge on any atom is 0.268 e. The summed E-state index contributed by atoms with van der Waals surface area (Å²) in [5, 5.41) is 13.8. The molecule has 0 spiro atoms. The number of amides is 1. The number of carbonyl (C=O) groups is 1. The summed E-state index contributed by atoms with van der Waals surface area (Å²) >= 11 is 0. The highest BCUT2D eigenvalue weighted by Gasteiger charge is 2.23. The highest BCUT2D eigenvalue weighted by atomic mass is 31.2. The number of hydrogen-bond acceptors (Lipinski definition) is 6. The van der Waals surface area contributed by atoms with Gasteiger partial charge >= 0.3 is 0 Å². The molecule has 0 saturated heterocycles. The number of phosphoric ester groups is 1. The van der Waals surface area contributed by atoms with Crippen molar-refractivity contribution in [3.63, 3.8) is 0 Å². The Kier molecular flexibility index (Phi) is 51.9. The van der Waals surface area contributed by atoms with Crippen molar-refractivity contribution in [2.24, 2.45) is 0 Å². The van der Waals surface area contributed by atoms with Crippen molar-refractivity contribution in [1.29, 1.82) is 0 Å². The summed E-state index contributed by atoms with van der Waals surface area (Å²) in [5.41, 5.74) is 0. The number of aliphatic hydroxyl groups excluding tert-OH is 1. The van der Waals surface area contributed by atoms with Gasteiger partial charge in [0.2, 0.25) is 5.91 Å². The maximum atomic E-state index is 12.9. The molecule has 1 amide bonds. The van der Waals surface area contributed by atoms with E-state index in [1.165, 1.54) is 135 Å². The summed E-state index contributed by atoms with van der Waals surface area (Å²) in [7, 11) is 1.19. The molecule has 0 rings (SSSR count). The van der Waals surface area contributed by atoms with E-state index in [9.17, 15) is 19.4 Å². The van der Waals surface area contributed by atoms with Crippen molar-refractivity contribution in [2.75, 3.05) is 40.9 Å². The number of nitrogens with zero attached hydrogens (tertiary/aromatic N) is 1. The molecule has 9 heteroatoms. The third-order valence-corrected chi connectivity index (χ3v) is 13.7. The second-order valence-electron chi connectivity index (χ2n) is 20.9. The lowest BCUT2D eigenvalue weighted by Crippen LogP contribution is -2.45. The van der Waals surface area contributed by atoms with Gasteiger partial charge in [-0.25, -0.2) is 0 Å². The van der Waals surface area contributed by atoms with Gasteiger partial charge in [-0.05, 0) is 96.3 Å². The minimum atomic E-state index is -4.63. The van der Waals surface area contributed by atoms with Gasteiger partial charge in [0.25, 0.3) is 7.82 Å². The number of aliphatic hydroxyl groups is 1. The van der Waals surface area contributed by atoms with Crippen molar-refractivity contribution in [2.45, 2.75) is 251 Å². The van der Waals surface area contributed by atoms with E-state index in [0.29, 0.717) is 23.9 Å². The number of quaternary nitrogens is 1. The van der Waals surface area contributed by atoms with Gasteiger partial charge in [-0.15, -0.1) is 0 Å². The van der Waals surface area contributed by atoms with Gasteiger partial charge in [0.1, 0.15) is 13.2 Å². The Morgan fingerprint density at radius 3 is 1.27 bits per heavy atom. The Balaban J connectivity index is 4.33. The molecule has 0 aliphatic carbocycles. The largest absolute Gasteiger partial charge is 0.756 e. The third-order valence-electron chi connectivity index (χ3n) is 12.7. The van der Waals surface area contributed by atoms with Crippen LogP contribution in [0.15, 0.2) is 109 Å². The average Bonchev–Trinajstić information content (AvgIpc) is 3.35. The number of likely N-dealkylation sites (N-methyl/N-ethyl adjacent to an activating group) is 1. The second-order valence-corrected chi connectivity index (χ2v) is 22.4. The standard InChI is InChI=1S/C64H113N2O6P/c1-6-8-10-12-14-16-18-20-22-24-26-28-29-30-31-32-33-34-35-36-38-39-41-43-45-47-49-51-53-55-57-63(67)62(61-72-73(69,70)71-60-59-66(3,4)5)65-64(68)58-56-54-52-50-48-46-44-42-40-37-27-25-23-21-19-17-15-13-11-9-7-2/h9,11,15,17,21,23,27,37,39,41-42,44,47-50,55,57,62-63,67H,6-8,10,12-14,16,18-20,22,24-26,28-36,38,40,43,45-46,51-54,56,58-61H2,1-5H3,(H-,65,68,69,70)/b11-9-,17-15-,23-21-,37-27-,41-39+,44-42-,49-47+,50-48-,57-55+. The Morgan fingerprint density at radius 2 is 0.849 bits per heavy atom. The van der Waals surface area contributed by atoms with Gasteiger partial charge in [-0.3, -0.25) is 9.36 Å². The smallest absolute Gasteiger partial charge is 0.268 e. The molecular formula is C64H113N2O6P. The number of hydrogen-bond donors (Lipinski definition) is 2. The Labute approximate surface area is 451 Å². The fourth-order valence-electron chi connectivity index (χ4n) is 8.07. The van der Waals surface area contributed by atoms with Crippen LogP contribution in [0.25, 0.3) is 0 Å². The molecule has 3 atom stereocenters. The van der Waals surface area contributed by atoms with E-state index in [0.717, 1.165) is 70.6 Å². The number of phosphoric acid groups is 1. The number of unbranched alkanes of at least 4 members (excludes halogenated alkanes) is 24. The van der Waals surface area contributed by atoms with E-state index in [1.807, 2.05) is 27.2 Å². The molecule has 0 bridgehead atoms. The van der Waals surface area contributed by atoms with Crippen molar-refractivity contribution in [1.82, 2.24) is 5.32 Å². The normalized spacial score (nSPS) is 14.7. The molecule has 420 valence electrons. The van der Waals surface area contributed by atoms with Crippen LogP contribution in [-0.4, -0.2) is 68.5 Å². The SMILES string of the molecule is CC/C=C\C/C=C\C/C=C\C/C=C\C/C=C\C/C=C\CCCCC(=O)NC(COP(=O)([O-])OCC[N+](C)(C)C)C(O)/C=C/CC/C=C/CC/C=C/CCCCCCCCCCCCCCCCCCCCCC. The molecule has 0 radical (unpaired) electrons. The Morgan fingerprint density at radius 1 is 0.493 bits per heavy atom. The molecule has 0 aromatic carbocycles. The zero-order valence-corrected chi connectivity index (χ0v) is 48.7. The molecule has 0 aromatic heterocycles. The molecule has 0 fully saturated rings. The van der Waals surface area contributed by atoms with Crippen molar-refractivity contribution >= 4 is 13.7 Å². The summed E-state index contributed by atoms with van der Waals surface area (Å²) in [6, 6.07) is -0.942. The number of carbonyl (C=O) groups excluding carboxylic acids is 1. The number of rotatable bonds is 53. The molecule has 73 heavy (non-hydrogen) atoms. The summed E-state index contributed by atoms with van der Waals surface area (Å²) in [6.07, 6.45) is 79.1. The molecular weight excluding hydrogens is 924 g/mol. The summed E-state index contributed by atoms with van der Waals surface area (Å²) < 4.78 is 23.3. The topological polar surface area (TPSA) is 108 Å². The first kappa shape index (κ1) is 70.2. The first-order chi connectivity index (χ1) is 35.5. The van der Waals surface area contributed by atoms with Crippen LogP contribution in [0.5, 0.6) is 0 Å². The predicted octanol–water partition coefficient (Wildman–Crippen LogP) is 17.7. The van der Waals surface area contributed by atoms with Crippen molar-refractivity contribution in [3.8, 4) is 0 Å². The van der Waals surface area contributed by atoms with Crippen molar-refractivity contribution < 1.29 is 32.9 Å². The van der Waals surface area contributed by atoms with E-state index in [1.54, 1.807) is 6.08 Å². The third kappa shape index (κ3) is 56.7. The van der Waals surface area contributed by atoms with Crippen LogP contribution >= 0.6 is 7.82 Å². The molecule has 2 N–H and O–H groups in total. The lowest BCUT2D eigenvalue weighted by molar-refractivity contribution is -0.870. The highest BCUT2D eigenvalue weighted by Crippen LogP contribution is 2.38. The van der Waals surface area contributed by atoms with Crippen LogP contribution in [-0.2, 0) is 18.4 Å². The molecule has 0 aliphatic rings. The minimum absolute atomic E-state index is 0.0238. The molecule has 0 saturated carbocycles. The molecule has 8 nitrogen and oxygen atoms in total. The quantitative estimate of drug-likeness (QED) is 0.0272. The second kappa shape index (κ2) is 54.0. The molecule has 0 aliphatic heterocycles. The highest BCUT2D eigenvalue weighted by molar-refractivity contribution is 7.45. The molecule has 3 unspecified atom stereocenters. The van der Waals surface area contributed by atoms with Gasteiger partial charge in [0.15, 0.2) is 0 Å². The zero-order valence-electron chi connectivity index (χ0n) is 47.8. The Hall–Kier alpha value is -2.84. The fraction of sp³-hybridized carbons (Fsp3) is 0.703. The lowest BCUT2D eigenvalue weighted by atomic mass is 10.0. The van der Waals surface area contributed by atoms with Gasteiger partial charge < -0.3 is 28.8 Å². The fourth-order valence-corrected chi connectivity index (χ4v) is 8.79. The van der Waals surface area contributed by atoms with Crippen LogP contribution in [0.1, 0.15) is 239 Å². The number of nitrogens with one attached hydrogen (secondary N) is 1. The van der Waals surface area contributed by atoms with E-state index in [4.69, 9.17) is 9.05 Å². The monoisotopic (exact) mass is 1040 g/mol. The van der Waals surface area contributed by atoms with Gasteiger partial charge in [-0.2, -0.15) is 0 Å². The predicted molar refractivity (Wildman–Crippen MR) is 316 cm³/mol. The van der Waals surface area contributed by atoms with Gasteiger partial charge in [0, 0.05) is 6.42 Å². The summed E-state index contributed by atoms with van der Waals surface area (Å²) in [6.45, 7) is 4.47. The van der Waals surface area contributed by atoms with Crippen molar-refractivity contribution in [3.05, 3.63) is 109 Å². The first-order valence-electron chi connectivity index (χ1n) is 29.7. The molecule has 0 heterocycles. The van der Waals surface area contributed by atoms with E-state index in [-0.39, 0.29) is 18.9 Å². The maximum absolute atomic E-state index is 12.9. The lowest BCUT2D eigenvalue weighted by Gasteiger charge is -2.29. The van der Waals surface area contributed by atoms with E-state index in [2.05, 4.69) is 116 Å². The molecule has 0 aromatic rings. The van der Waals surface area contributed by atoms with E-state index >= 15 is 0 Å². The van der Waals surface area contributed by atoms with Crippen LogP contribution < -0.4 is 10.2 Å². The van der Waals surface area contributed by atoms with Gasteiger partial charge in [0.05, 0.1) is 39.9 Å². The average molecular weight is 1040 g/mol. The van der Waals surface area contributed by atoms with E-state index < -0.39 is 26.6 Å².